The summed E-state index contributed by atoms with van der Waals surface area (Å²) in [6, 6.07) is 12.6. The SMILES string of the molecule is C/C(=N/OCc1ccccc1[N+](=O)[O-])c1nc2ccccc2n1C(F)F. The van der Waals surface area contributed by atoms with Gasteiger partial charge in [-0.05, 0) is 25.1 Å². The Morgan fingerprint density at radius 3 is 2.69 bits per heavy atom. The highest BCUT2D eigenvalue weighted by molar-refractivity contribution is 5.98. The van der Waals surface area contributed by atoms with Crippen LogP contribution in [0.4, 0.5) is 14.5 Å². The molecule has 1 heterocycles. The molecule has 0 aliphatic carbocycles. The molecule has 0 N–H and O–H groups in total. The third kappa shape index (κ3) is 3.37. The van der Waals surface area contributed by atoms with E-state index < -0.39 is 11.5 Å². The highest BCUT2D eigenvalue weighted by atomic mass is 19.3. The molecule has 0 atom stereocenters. The zero-order valence-corrected chi connectivity index (χ0v) is 13.7. The third-order valence-corrected chi connectivity index (χ3v) is 3.72. The lowest BCUT2D eigenvalue weighted by Gasteiger charge is -2.07. The van der Waals surface area contributed by atoms with Gasteiger partial charge >= 0.3 is 6.55 Å². The number of para-hydroxylation sites is 3. The zero-order valence-electron chi connectivity index (χ0n) is 13.7. The Hall–Kier alpha value is -3.36. The van der Waals surface area contributed by atoms with Crippen molar-refractivity contribution < 1.29 is 18.5 Å². The van der Waals surface area contributed by atoms with Crippen molar-refractivity contribution in [3.8, 4) is 0 Å². The van der Waals surface area contributed by atoms with Crippen LogP contribution >= 0.6 is 0 Å². The van der Waals surface area contributed by atoms with Crippen LogP contribution in [0.2, 0.25) is 0 Å². The normalized spacial score (nSPS) is 11.9. The lowest BCUT2D eigenvalue weighted by atomic mass is 10.2. The maximum Gasteiger partial charge on any atom is 0.320 e. The van der Waals surface area contributed by atoms with Crippen LogP contribution in [0, 0.1) is 10.1 Å². The van der Waals surface area contributed by atoms with Gasteiger partial charge in [0.2, 0.25) is 0 Å². The van der Waals surface area contributed by atoms with Crippen molar-refractivity contribution in [2.45, 2.75) is 20.1 Å². The van der Waals surface area contributed by atoms with Gasteiger partial charge in [0.1, 0.15) is 12.3 Å². The summed E-state index contributed by atoms with van der Waals surface area (Å²) >= 11 is 0. The molecule has 0 saturated heterocycles. The first kappa shape index (κ1) is 17.5. The highest BCUT2D eigenvalue weighted by Gasteiger charge is 2.20. The summed E-state index contributed by atoms with van der Waals surface area (Å²) in [6.07, 6.45) is 0. The molecule has 2 aromatic carbocycles. The van der Waals surface area contributed by atoms with Crippen LogP contribution in [0.5, 0.6) is 0 Å². The van der Waals surface area contributed by atoms with Gasteiger partial charge in [0.25, 0.3) is 5.69 Å². The highest BCUT2D eigenvalue weighted by Crippen LogP contribution is 2.24. The molecule has 0 saturated carbocycles. The van der Waals surface area contributed by atoms with Gasteiger partial charge in [0, 0.05) is 6.07 Å². The summed E-state index contributed by atoms with van der Waals surface area (Å²) in [4.78, 5) is 19.8. The lowest BCUT2D eigenvalue weighted by molar-refractivity contribution is -0.386. The summed E-state index contributed by atoms with van der Waals surface area (Å²) in [5.41, 5.74) is 1.07. The van der Waals surface area contributed by atoms with Crippen LogP contribution in [0.15, 0.2) is 53.7 Å². The van der Waals surface area contributed by atoms with E-state index in [1.807, 2.05) is 0 Å². The van der Waals surface area contributed by atoms with Crippen molar-refractivity contribution in [1.82, 2.24) is 9.55 Å². The minimum atomic E-state index is -2.79. The second-order valence-electron chi connectivity index (χ2n) is 5.41. The van der Waals surface area contributed by atoms with E-state index in [0.717, 1.165) is 4.57 Å². The van der Waals surface area contributed by atoms with E-state index in [1.165, 1.54) is 19.1 Å². The minimum Gasteiger partial charge on any atom is -0.390 e. The lowest BCUT2D eigenvalue weighted by Crippen LogP contribution is -2.10. The molecule has 0 spiro atoms. The Morgan fingerprint density at radius 2 is 1.96 bits per heavy atom. The summed E-state index contributed by atoms with van der Waals surface area (Å²) in [5, 5.41) is 14.8. The van der Waals surface area contributed by atoms with Crippen molar-refractivity contribution >= 4 is 22.4 Å². The van der Waals surface area contributed by atoms with E-state index in [9.17, 15) is 18.9 Å². The molecule has 7 nitrogen and oxygen atoms in total. The second-order valence-corrected chi connectivity index (χ2v) is 5.41. The fourth-order valence-corrected chi connectivity index (χ4v) is 2.55. The van der Waals surface area contributed by atoms with Gasteiger partial charge in [-0.3, -0.25) is 14.7 Å². The van der Waals surface area contributed by atoms with Gasteiger partial charge in [-0.15, -0.1) is 0 Å². The number of nitro groups is 1. The molecule has 0 bridgehead atoms. The quantitative estimate of drug-likeness (QED) is 0.373. The topological polar surface area (TPSA) is 82.6 Å². The summed E-state index contributed by atoms with van der Waals surface area (Å²) in [7, 11) is 0. The maximum absolute atomic E-state index is 13.4. The zero-order chi connectivity index (χ0) is 18.7. The number of rotatable bonds is 6. The number of alkyl halides is 2. The molecule has 0 aliphatic heterocycles. The Bertz CT molecular complexity index is 985. The second kappa shape index (κ2) is 7.26. The Morgan fingerprint density at radius 1 is 1.27 bits per heavy atom. The van der Waals surface area contributed by atoms with Crippen LogP contribution < -0.4 is 0 Å². The number of hydrogen-bond acceptors (Lipinski definition) is 5. The van der Waals surface area contributed by atoms with Crippen LogP contribution in [0.3, 0.4) is 0 Å². The van der Waals surface area contributed by atoms with Crippen molar-refractivity contribution in [2.24, 2.45) is 5.16 Å². The molecule has 0 amide bonds. The molecule has 0 aliphatic rings. The van der Waals surface area contributed by atoms with Crippen LogP contribution in [-0.4, -0.2) is 20.2 Å². The van der Waals surface area contributed by atoms with E-state index in [2.05, 4.69) is 10.1 Å². The monoisotopic (exact) mass is 360 g/mol. The van der Waals surface area contributed by atoms with Gasteiger partial charge in [0.05, 0.1) is 21.5 Å². The molecule has 1 aromatic heterocycles. The van der Waals surface area contributed by atoms with E-state index in [4.69, 9.17) is 4.84 Å². The average molecular weight is 360 g/mol. The molecule has 0 fully saturated rings. The molecule has 0 unspecified atom stereocenters. The first-order valence-corrected chi connectivity index (χ1v) is 7.63. The van der Waals surface area contributed by atoms with Crippen molar-refractivity contribution in [3.63, 3.8) is 0 Å². The van der Waals surface area contributed by atoms with E-state index >= 15 is 0 Å². The molecule has 9 heteroatoms. The summed E-state index contributed by atoms with van der Waals surface area (Å²) in [6.45, 7) is -1.47. The molecule has 3 rings (SSSR count). The van der Waals surface area contributed by atoms with Gasteiger partial charge in [-0.1, -0.05) is 29.4 Å². The number of oxime groups is 1. The number of hydrogen-bond donors (Lipinski definition) is 0. The smallest absolute Gasteiger partial charge is 0.320 e. The average Bonchev–Trinajstić information content (AvgIpc) is 3.01. The number of nitro benzene ring substituents is 1. The number of benzene rings is 2. The van der Waals surface area contributed by atoms with Crippen LogP contribution in [0.25, 0.3) is 11.0 Å². The first-order chi connectivity index (χ1) is 12.5. The minimum absolute atomic E-state index is 0.0243. The first-order valence-electron chi connectivity index (χ1n) is 7.63. The van der Waals surface area contributed by atoms with Gasteiger partial charge in [0.15, 0.2) is 5.82 Å². The number of imidazole rings is 1. The Labute approximate surface area is 146 Å². The number of aromatic nitrogens is 2. The van der Waals surface area contributed by atoms with E-state index in [-0.39, 0.29) is 29.3 Å². The van der Waals surface area contributed by atoms with Gasteiger partial charge in [-0.2, -0.15) is 8.78 Å². The standard InChI is InChI=1S/C17H14F2N4O3/c1-11(21-26-10-12-6-2-4-8-14(12)23(24)25)16-20-13-7-3-5-9-15(13)22(16)17(18)19/h2-9,17H,10H2,1H3/b21-11-. The molecule has 0 radical (unpaired) electrons. The number of halogens is 2. The van der Waals surface area contributed by atoms with E-state index in [1.54, 1.807) is 36.4 Å². The Kier molecular flexibility index (Phi) is 4.87. The predicted octanol–water partition coefficient (Wildman–Crippen LogP) is 4.28. The molecule has 134 valence electrons. The summed E-state index contributed by atoms with van der Waals surface area (Å²) < 4.78 is 27.6. The fraction of sp³-hybridized carbons (Fsp3) is 0.176. The molecular formula is C17H14F2N4O3. The fourth-order valence-electron chi connectivity index (χ4n) is 2.55. The Balaban J connectivity index is 1.86. The van der Waals surface area contributed by atoms with Gasteiger partial charge in [-0.25, -0.2) is 4.98 Å². The summed E-state index contributed by atoms with van der Waals surface area (Å²) in [5.74, 6) is -0.0243. The molecule has 26 heavy (non-hydrogen) atoms. The molecule has 3 aromatic rings. The number of nitrogens with zero attached hydrogens (tertiary/aromatic N) is 4. The van der Waals surface area contributed by atoms with Gasteiger partial charge < -0.3 is 4.84 Å². The van der Waals surface area contributed by atoms with Crippen molar-refractivity contribution in [1.29, 1.82) is 0 Å². The third-order valence-electron chi connectivity index (χ3n) is 3.72. The van der Waals surface area contributed by atoms with Crippen molar-refractivity contribution in [3.05, 3.63) is 70.0 Å². The van der Waals surface area contributed by atoms with Crippen LogP contribution in [-0.2, 0) is 11.4 Å². The largest absolute Gasteiger partial charge is 0.390 e. The molecular weight excluding hydrogens is 346 g/mol. The van der Waals surface area contributed by atoms with Crippen LogP contribution in [0.1, 0.15) is 24.9 Å². The van der Waals surface area contributed by atoms with Crippen molar-refractivity contribution in [2.75, 3.05) is 0 Å². The van der Waals surface area contributed by atoms with E-state index in [0.29, 0.717) is 11.1 Å². The maximum atomic E-state index is 13.4. The predicted molar refractivity (Wildman–Crippen MR) is 91.1 cm³/mol. The number of fused-ring (bicyclic) bond motifs is 1.